The van der Waals surface area contributed by atoms with Crippen LogP contribution < -0.4 is 10.2 Å². The van der Waals surface area contributed by atoms with Crippen LogP contribution in [0.2, 0.25) is 0 Å². The van der Waals surface area contributed by atoms with Gasteiger partial charge in [0.15, 0.2) is 0 Å². The van der Waals surface area contributed by atoms with Crippen LogP contribution in [0, 0.1) is 13.8 Å². The minimum absolute atomic E-state index is 0.673. The van der Waals surface area contributed by atoms with E-state index in [4.69, 9.17) is 0 Å². The lowest BCUT2D eigenvalue weighted by Gasteiger charge is -2.32. The van der Waals surface area contributed by atoms with Gasteiger partial charge in [-0.1, -0.05) is 0 Å². The molecule has 5 nitrogen and oxygen atoms in total. The fourth-order valence-corrected chi connectivity index (χ4v) is 3.12. The smallest absolute Gasteiger partial charge is 0.225 e. The largest absolute Gasteiger partial charge is 0.339 e. The maximum atomic E-state index is 4.58. The number of nitrogens with zero attached hydrogens (tertiary/aromatic N) is 4. The van der Waals surface area contributed by atoms with E-state index in [-0.39, 0.29) is 0 Å². The van der Waals surface area contributed by atoms with Crippen molar-refractivity contribution in [1.29, 1.82) is 0 Å². The third kappa shape index (κ3) is 2.87. The number of nitrogens with one attached hydrogen (secondary N) is 1. The zero-order valence-corrected chi connectivity index (χ0v) is 11.9. The Bertz CT molecular complexity index is 421. The molecule has 2 saturated heterocycles. The zero-order chi connectivity index (χ0) is 13.2. The summed E-state index contributed by atoms with van der Waals surface area (Å²) in [6.45, 7) is 10.8. The number of aromatic nitrogens is 2. The van der Waals surface area contributed by atoms with E-state index in [2.05, 4.69) is 25.1 Å². The van der Waals surface area contributed by atoms with Gasteiger partial charge in [0.05, 0.1) is 0 Å². The molecule has 0 aliphatic carbocycles. The molecule has 1 aromatic heterocycles. The van der Waals surface area contributed by atoms with Crippen molar-refractivity contribution in [2.75, 3.05) is 44.2 Å². The molecule has 1 unspecified atom stereocenters. The molecule has 104 valence electrons. The first-order chi connectivity index (χ1) is 9.22. The van der Waals surface area contributed by atoms with Crippen molar-refractivity contribution in [3.8, 4) is 0 Å². The van der Waals surface area contributed by atoms with Crippen LogP contribution in [0.5, 0.6) is 0 Å². The fraction of sp³-hybridized carbons (Fsp3) is 0.714. The number of hydrogen-bond donors (Lipinski definition) is 1. The molecule has 1 aromatic rings. The Morgan fingerprint density at radius 1 is 1.11 bits per heavy atom. The highest BCUT2D eigenvalue weighted by Gasteiger charge is 2.29. The van der Waals surface area contributed by atoms with Crippen molar-refractivity contribution in [1.82, 2.24) is 20.2 Å². The molecule has 1 N–H and O–H groups in total. The molecule has 0 bridgehead atoms. The minimum atomic E-state index is 0.673. The first-order valence-electron chi connectivity index (χ1n) is 7.24. The van der Waals surface area contributed by atoms with E-state index in [0.717, 1.165) is 43.5 Å². The van der Waals surface area contributed by atoms with Gasteiger partial charge in [-0.2, -0.15) is 0 Å². The average molecular weight is 261 g/mol. The molecule has 0 saturated carbocycles. The predicted molar refractivity (Wildman–Crippen MR) is 76.6 cm³/mol. The van der Waals surface area contributed by atoms with Gasteiger partial charge in [0.2, 0.25) is 5.95 Å². The van der Waals surface area contributed by atoms with Crippen LogP contribution >= 0.6 is 0 Å². The summed E-state index contributed by atoms with van der Waals surface area (Å²) in [5.74, 6) is 0.912. The molecule has 0 aromatic carbocycles. The molecule has 2 fully saturated rings. The fourth-order valence-electron chi connectivity index (χ4n) is 3.12. The van der Waals surface area contributed by atoms with Gasteiger partial charge in [-0.25, -0.2) is 9.97 Å². The summed E-state index contributed by atoms with van der Waals surface area (Å²) in [6.07, 6.45) is 1.23. The van der Waals surface area contributed by atoms with Crippen molar-refractivity contribution in [2.45, 2.75) is 26.3 Å². The average Bonchev–Trinajstić information content (AvgIpc) is 2.88. The minimum Gasteiger partial charge on any atom is -0.339 e. The zero-order valence-electron chi connectivity index (χ0n) is 11.9. The van der Waals surface area contributed by atoms with Crippen LogP contribution in [0.1, 0.15) is 17.8 Å². The van der Waals surface area contributed by atoms with Crippen LogP contribution in [-0.4, -0.2) is 60.2 Å². The number of hydrogen-bond acceptors (Lipinski definition) is 5. The van der Waals surface area contributed by atoms with Crippen molar-refractivity contribution >= 4 is 5.95 Å². The molecule has 0 amide bonds. The van der Waals surface area contributed by atoms with Gasteiger partial charge in [-0.15, -0.1) is 0 Å². The summed E-state index contributed by atoms with van der Waals surface area (Å²) in [4.78, 5) is 14.1. The van der Waals surface area contributed by atoms with Crippen LogP contribution in [-0.2, 0) is 0 Å². The lowest BCUT2D eigenvalue weighted by atomic mass is 10.2. The van der Waals surface area contributed by atoms with Crippen LogP contribution in [0.4, 0.5) is 5.95 Å². The van der Waals surface area contributed by atoms with Crippen LogP contribution in [0.25, 0.3) is 0 Å². The van der Waals surface area contributed by atoms with Gasteiger partial charge < -0.3 is 10.2 Å². The van der Waals surface area contributed by atoms with Gasteiger partial charge in [-0.3, -0.25) is 4.90 Å². The Balaban J connectivity index is 1.67. The van der Waals surface area contributed by atoms with E-state index in [1.165, 1.54) is 19.5 Å². The Morgan fingerprint density at radius 2 is 1.79 bits per heavy atom. The summed E-state index contributed by atoms with van der Waals surface area (Å²) in [5, 5.41) is 3.42. The quantitative estimate of drug-likeness (QED) is 0.843. The number of rotatable bonds is 2. The Morgan fingerprint density at radius 3 is 2.47 bits per heavy atom. The van der Waals surface area contributed by atoms with Crippen molar-refractivity contribution in [2.24, 2.45) is 0 Å². The summed E-state index contributed by atoms with van der Waals surface area (Å²) in [6, 6.07) is 2.71. The van der Waals surface area contributed by atoms with Gasteiger partial charge >= 0.3 is 0 Å². The van der Waals surface area contributed by atoms with Crippen LogP contribution in [0.3, 0.4) is 0 Å². The number of piperazine rings is 1. The number of anilines is 1. The highest BCUT2D eigenvalue weighted by atomic mass is 15.3. The molecule has 5 heteroatoms. The Hall–Kier alpha value is -1.20. The molecular formula is C14H23N5. The third-order valence-electron chi connectivity index (χ3n) is 4.08. The van der Waals surface area contributed by atoms with E-state index in [0.29, 0.717) is 6.04 Å². The van der Waals surface area contributed by atoms with E-state index in [1.807, 2.05) is 19.9 Å². The third-order valence-corrected chi connectivity index (χ3v) is 4.08. The molecular weight excluding hydrogens is 238 g/mol. The highest BCUT2D eigenvalue weighted by Crippen LogP contribution is 2.20. The first kappa shape index (κ1) is 12.8. The SMILES string of the molecule is Cc1cc(C)nc(N2CCC(N3CCNCC3)C2)n1. The second-order valence-corrected chi connectivity index (χ2v) is 5.63. The monoisotopic (exact) mass is 261 g/mol. The number of aryl methyl sites for hydroxylation is 2. The standard InChI is InChI=1S/C14H23N5/c1-11-9-12(2)17-14(16-11)19-6-3-13(10-19)18-7-4-15-5-8-18/h9,13,15H,3-8,10H2,1-2H3. The second-order valence-electron chi connectivity index (χ2n) is 5.63. The molecule has 1 atom stereocenters. The van der Waals surface area contributed by atoms with Crippen molar-refractivity contribution in [3.05, 3.63) is 17.5 Å². The topological polar surface area (TPSA) is 44.3 Å². The maximum Gasteiger partial charge on any atom is 0.225 e. The van der Waals surface area contributed by atoms with Gasteiger partial charge in [0, 0.05) is 56.7 Å². The molecule has 3 heterocycles. The highest BCUT2D eigenvalue weighted by molar-refractivity contribution is 5.34. The summed E-state index contributed by atoms with van der Waals surface area (Å²) >= 11 is 0. The molecule has 3 rings (SSSR count). The van der Waals surface area contributed by atoms with Crippen molar-refractivity contribution in [3.63, 3.8) is 0 Å². The predicted octanol–water partition coefficient (Wildman–Crippen LogP) is 0.577. The van der Waals surface area contributed by atoms with E-state index in [9.17, 15) is 0 Å². The molecule has 0 spiro atoms. The second kappa shape index (κ2) is 5.43. The van der Waals surface area contributed by atoms with Gasteiger partial charge in [0.1, 0.15) is 0 Å². The maximum absolute atomic E-state index is 4.58. The molecule has 19 heavy (non-hydrogen) atoms. The van der Waals surface area contributed by atoms with Gasteiger partial charge in [-0.05, 0) is 26.3 Å². The Labute approximate surface area is 115 Å². The van der Waals surface area contributed by atoms with E-state index >= 15 is 0 Å². The lowest BCUT2D eigenvalue weighted by molar-refractivity contribution is 0.185. The molecule has 2 aliphatic rings. The van der Waals surface area contributed by atoms with Gasteiger partial charge in [0.25, 0.3) is 0 Å². The lowest BCUT2D eigenvalue weighted by Crippen LogP contribution is -2.49. The summed E-state index contributed by atoms with van der Waals surface area (Å²) < 4.78 is 0. The molecule has 2 aliphatic heterocycles. The Kier molecular flexibility index (Phi) is 3.66. The first-order valence-corrected chi connectivity index (χ1v) is 7.24. The van der Waals surface area contributed by atoms with Crippen LogP contribution in [0.15, 0.2) is 6.07 Å². The summed E-state index contributed by atoms with van der Waals surface area (Å²) in [7, 11) is 0. The molecule has 0 radical (unpaired) electrons. The van der Waals surface area contributed by atoms with E-state index in [1.54, 1.807) is 0 Å². The normalized spacial score (nSPS) is 24.9. The van der Waals surface area contributed by atoms with Crippen molar-refractivity contribution < 1.29 is 0 Å². The summed E-state index contributed by atoms with van der Waals surface area (Å²) in [5.41, 5.74) is 2.13. The van der Waals surface area contributed by atoms with E-state index < -0.39 is 0 Å².